The molecule has 1 spiro atoms. The van der Waals surface area contributed by atoms with Gasteiger partial charge in [0.25, 0.3) is 0 Å². The van der Waals surface area contributed by atoms with Gasteiger partial charge in [0.15, 0.2) is 0 Å². The van der Waals surface area contributed by atoms with E-state index in [2.05, 4.69) is 39.8 Å². The first kappa shape index (κ1) is 12.7. The summed E-state index contributed by atoms with van der Waals surface area (Å²) in [6.45, 7) is 10.5. The minimum absolute atomic E-state index is 0.100. The Bertz CT molecular complexity index is 560. The van der Waals surface area contributed by atoms with Crippen LogP contribution in [-0.2, 0) is 9.53 Å². The molecule has 3 aliphatic rings. The van der Waals surface area contributed by atoms with Gasteiger partial charge in [0.2, 0.25) is 0 Å². The molecule has 0 radical (unpaired) electrons. The Morgan fingerprint density at radius 3 is 2.68 bits per heavy atom. The number of esters is 1. The number of hydrogen-bond donors (Lipinski definition) is 0. The van der Waals surface area contributed by atoms with Gasteiger partial charge in [-0.3, -0.25) is 4.79 Å². The monoisotopic (exact) mass is 258 g/mol. The molecule has 2 bridgehead atoms. The highest BCUT2D eigenvalue weighted by atomic mass is 16.5. The van der Waals surface area contributed by atoms with E-state index in [0.29, 0.717) is 5.92 Å². The standard InChI is InChI=1S/C17H22O2/c1-10-6-7-15-16(4,5)13-8-17(10,15)9-14(11(13)2)19-12(3)18/h6,9,15H,7-8H2,1-5H3. The highest BCUT2D eigenvalue weighted by Gasteiger charge is 2.59. The summed E-state index contributed by atoms with van der Waals surface area (Å²) in [5.41, 5.74) is 4.38. The van der Waals surface area contributed by atoms with Crippen molar-refractivity contribution in [3.05, 3.63) is 34.6 Å². The molecule has 0 aromatic rings. The topological polar surface area (TPSA) is 26.3 Å². The molecule has 0 N–H and O–H groups in total. The van der Waals surface area contributed by atoms with Gasteiger partial charge in [-0.25, -0.2) is 0 Å². The van der Waals surface area contributed by atoms with Crippen molar-refractivity contribution in [3.8, 4) is 0 Å². The van der Waals surface area contributed by atoms with Crippen LogP contribution in [0.1, 0.15) is 47.5 Å². The predicted octanol–water partition coefficient (Wildman–Crippen LogP) is 4.15. The summed E-state index contributed by atoms with van der Waals surface area (Å²) in [4.78, 5) is 11.3. The van der Waals surface area contributed by atoms with Crippen LogP contribution in [-0.4, -0.2) is 5.97 Å². The maximum absolute atomic E-state index is 11.3. The quantitative estimate of drug-likeness (QED) is 0.522. The van der Waals surface area contributed by atoms with Crippen LogP contribution in [0.15, 0.2) is 34.6 Å². The van der Waals surface area contributed by atoms with E-state index in [1.165, 1.54) is 23.6 Å². The smallest absolute Gasteiger partial charge is 0.308 e. The van der Waals surface area contributed by atoms with Crippen LogP contribution < -0.4 is 0 Å². The third kappa shape index (κ3) is 1.46. The van der Waals surface area contributed by atoms with Crippen LogP contribution in [0.4, 0.5) is 0 Å². The van der Waals surface area contributed by atoms with Crippen LogP contribution in [0.25, 0.3) is 0 Å². The average molecular weight is 258 g/mol. The van der Waals surface area contributed by atoms with E-state index in [-0.39, 0.29) is 16.8 Å². The Balaban J connectivity index is 2.17. The highest BCUT2D eigenvalue weighted by Crippen LogP contribution is 2.68. The second-order valence-corrected chi connectivity index (χ2v) is 6.82. The lowest BCUT2D eigenvalue weighted by molar-refractivity contribution is -0.136. The van der Waals surface area contributed by atoms with Gasteiger partial charge in [0, 0.05) is 12.3 Å². The molecule has 0 aromatic heterocycles. The molecular weight excluding hydrogens is 236 g/mol. The molecule has 0 heterocycles. The molecule has 0 aromatic carbocycles. The number of fused-ring (bicyclic) bond motifs is 1. The number of rotatable bonds is 1. The lowest BCUT2D eigenvalue weighted by Gasteiger charge is -2.33. The molecule has 19 heavy (non-hydrogen) atoms. The van der Waals surface area contributed by atoms with E-state index < -0.39 is 0 Å². The number of carbonyl (C=O) groups excluding carboxylic acids is 1. The van der Waals surface area contributed by atoms with Crippen molar-refractivity contribution < 1.29 is 9.53 Å². The summed E-state index contributed by atoms with van der Waals surface area (Å²) in [7, 11) is 0. The second-order valence-electron chi connectivity index (χ2n) is 6.82. The predicted molar refractivity (Wildman–Crippen MR) is 75.2 cm³/mol. The Hall–Kier alpha value is -1.31. The van der Waals surface area contributed by atoms with E-state index in [0.717, 1.165) is 18.6 Å². The first-order valence-corrected chi connectivity index (χ1v) is 7.08. The SMILES string of the molecule is CC(=O)OC1=CC23CC(=C1C)C(C)(C)C2CC=C3C. The van der Waals surface area contributed by atoms with E-state index in [9.17, 15) is 4.79 Å². The zero-order valence-corrected chi connectivity index (χ0v) is 12.5. The van der Waals surface area contributed by atoms with Gasteiger partial charge in [0.1, 0.15) is 5.76 Å². The minimum Gasteiger partial charge on any atom is -0.427 e. The molecule has 3 aliphatic carbocycles. The minimum atomic E-state index is -0.224. The number of carbonyl (C=O) groups is 1. The largest absolute Gasteiger partial charge is 0.427 e. The van der Waals surface area contributed by atoms with E-state index in [4.69, 9.17) is 4.74 Å². The molecule has 2 unspecified atom stereocenters. The van der Waals surface area contributed by atoms with Crippen molar-refractivity contribution in [2.45, 2.75) is 47.5 Å². The fourth-order valence-electron chi connectivity index (χ4n) is 4.53. The molecule has 1 fully saturated rings. The third-order valence-electron chi connectivity index (χ3n) is 5.60. The van der Waals surface area contributed by atoms with Gasteiger partial charge in [-0.2, -0.15) is 0 Å². The van der Waals surface area contributed by atoms with E-state index in [1.54, 1.807) is 0 Å². The molecule has 0 aliphatic heterocycles. The highest BCUT2D eigenvalue weighted by molar-refractivity contribution is 5.69. The first-order valence-electron chi connectivity index (χ1n) is 7.08. The molecular formula is C17H22O2. The Morgan fingerprint density at radius 2 is 2.05 bits per heavy atom. The fourth-order valence-corrected chi connectivity index (χ4v) is 4.53. The van der Waals surface area contributed by atoms with Crippen LogP contribution in [0.2, 0.25) is 0 Å². The Labute approximate surface area is 115 Å². The lowest BCUT2D eigenvalue weighted by Crippen LogP contribution is -2.27. The van der Waals surface area contributed by atoms with Crippen molar-refractivity contribution in [2.24, 2.45) is 16.7 Å². The molecule has 0 amide bonds. The summed E-state index contributed by atoms with van der Waals surface area (Å²) in [6.07, 6.45) is 6.83. The van der Waals surface area contributed by atoms with Gasteiger partial charge in [-0.05, 0) is 49.7 Å². The average Bonchev–Trinajstić information content (AvgIpc) is 2.70. The summed E-state index contributed by atoms with van der Waals surface area (Å²) in [6, 6.07) is 0. The molecule has 2 heteroatoms. The molecule has 0 saturated heterocycles. The van der Waals surface area contributed by atoms with Crippen molar-refractivity contribution in [1.29, 1.82) is 0 Å². The maximum Gasteiger partial charge on any atom is 0.308 e. The van der Waals surface area contributed by atoms with Gasteiger partial charge < -0.3 is 4.74 Å². The third-order valence-corrected chi connectivity index (χ3v) is 5.60. The fraction of sp³-hybridized carbons (Fsp3) is 0.588. The van der Waals surface area contributed by atoms with Gasteiger partial charge >= 0.3 is 5.97 Å². The van der Waals surface area contributed by atoms with Gasteiger partial charge in [-0.1, -0.05) is 31.1 Å². The summed E-state index contributed by atoms with van der Waals surface area (Å²) < 4.78 is 5.47. The maximum atomic E-state index is 11.3. The zero-order valence-electron chi connectivity index (χ0n) is 12.5. The number of hydrogen-bond acceptors (Lipinski definition) is 2. The molecule has 3 rings (SSSR count). The Kier molecular flexibility index (Phi) is 2.42. The normalized spacial score (nSPS) is 34.9. The first-order chi connectivity index (χ1) is 8.79. The van der Waals surface area contributed by atoms with Crippen molar-refractivity contribution in [1.82, 2.24) is 0 Å². The van der Waals surface area contributed by atoms with Gasteiger partial charge in [0.05, 0.1) is 0 Å². The van der Waals surface area contributed by atoms with Crippen LogP contribution in [0.3, 0.4) is 0 Å². The number of ether oxygens (including phenoxy) is 1. The van der Waals surface area contributed by atoms with E-state index in [1.807, 2.05) is 0 Å². The van der Waals surface area contributed by atoms with E-state index >= 15 is 0 Å². The molecule has 2 nitrogen and oxygen atoms in total. The van der Waals surface area contributed by atoms with Crippen LogP contribution >= 0.6 is 0 Å². The van der Waals surface area contributed by atoms with Crippen LogP contribution in [0.5, 0.6) is 0 Å². The van der Waals surface area contributed by atoms with Crippen LogP contribution in [0, 0.1) is 16.7 Å². The Morgan fingerprint density at radius 1 is 1.37 bits per heavy atom. The number of allylic oxidation sites excluding steroid dienone is 5. The lowest BCUT2D eigenvalue weighted by atomic mass is 9.70. The molecule has 2 atom stereocenters. The molecule has 1 saturated carbocycles. The zero-order chi connectivity index (χ0) is 14.0. The van der Waals surface area contributed by atoms with Crippen molar-refractivity contribution in [2.75, 3.05) is 0 Å². The summed E-state index contributed by atoms with van der Waals surface area (Å²) in [5, 5.41) is 0. The summed E-state index contributed by atoms with van der Waals surface area (Å²) in [5.74, 6) is 1.18. The van der Waals surface area contributed by atoms with Crippen molar-refractivity contribution in [3.63, 3.8) is 0 Å². The molecule has 102 valence electrons. The van der Waals surface area contributed by atoms with Crippen molar-refractivity contribution >= 4 is 5.97 Å². The summed E-state index contributed by atoms with van der Waals surface area (Å²) >= 11 is 0. The second kappa shape index (κ2) is 3.62. The van der Waals surface area contributed by atoms with Gasteiger partial charge in [-0.15, -0.1) is 0 Å².